The van der Waals surface area contributed by atoms with Gasteiger partial charge in [-0.05, 0) is 42.5 Å². The van der Waals surface area contributed by atoms with E-state index in [-0.39, 0.29) is 9.92 Å². The summed E-state index contributed by atoms with van der Waals surface area (Å²) < 4.78 is 26.7. The Balaban J connectivity index is 2.35. The first kappa shape index (κ1) is 14.0. The SMILES string of the molecule is Nc1ccc(S(=O)(=O)Nc2ccc(Cl)cc2)c(Cl)c1. The van der Waals surface area contributed by atoms with Crippen LogP contribution in [0.15, 0.2) is 47.4 Å². The number of benzene rings is 2. The molecule has 0 saturated carbocycles. The van der Waals surface area contributed by atoms with Crippen LogP contribution in [0.25, 0.3) is 0 Å². The predicted molar refractivity (Wildman–Crippen MR) is 78.1 cm³/mol. The zero-order valence-electron chi connectivity index (χ0n) is 9.60. The van der Waals surface area contributed by atoms with Crippen LogP contribution in [0, 0.1) is 0 Å². The van der Waals surface area contributed by atoms with Gasteiger partial charge in [0.1, 0.15) is 4.90 Å². The first-order chi connectivity index (χ1) is 8.88. The minimum absolute atomic E-state index is 0.0293. The highest BCUT2D eigenvalue weighted by molar-refractivity contribution is 7.92. The molecule has 19 heavy (non-hydrogen) atoms. The molecular weight excluding hydrogens is 307 g/mol. The van der Waals surface area contributed by atoms with E-state index in [1.807, 2.05) is 0 Å². The van der Waals surface area contributed by atoms with Crippen molar-refractivity contribution in [3.63, 3.8) is 0 Å². The van der Waals surface area contributed by atoms with Gasteiger partial charge in [0, 0.05) is 16.4 Å². The number of nitrogens with two attached hydrogens (primary N) is 1. The van der Waals surface area contributed by atoms with Crippen molar-refractivity contribution >= 4 is 44.6 Å². The summed E-state index contributed by atoms with van der Waals surface area (Å²) in [5.74, 6) is 0. The lowest BCUT2D eigenvalue weighted by Gasteiger charge is -2.09. The molecule has 0 saturated heterocycles. The molecule has 100 valence electrons. The second-order valence-electron chi connectivity index (χ2n) is 3.80. The molecule has 7 heteroatoms. The Morgan fingerprint density at radius 3 is 2.21 bits per heavy atom. The fourth-order valence-corrected chi connectivity index (χ4v) is 3.20. The fraction of sp³-hybridized carbons (Fsp3) is 0. The second kappa shape index (κ2) is 5.28. The summed E-state index contributed by atoms with van der Waals surface area (Å²) >= 11 is 11.6. The van der Waals surface area contributed by atoms with E-state index in [2.05, 4.69) is 4.72 Å². The summed E-state index contributed by atoms with van der Waals surface area (Å²) in [5, 5.41) is 0.593. The molecule has 0 aliphatic rings. The first-order valence-corrected chi connectivity index (χ1v) is 7.46. The lowest BCUT2D eigenvalue weighted by atomic mass is 10.3. The highest BCUT2D eigenvalue weighted by Crippen LogP contribution is 2.26. The minimum atomic E-state index is -3.75. The molecule has 0 fully saturated rings. The molecule has 0 spiro atoms. The Bertz CT molecular complexity index is 700. The number of anilines is 2. The molecule has 0 unspecified atom stereocenters. The Hall–Kier alpha value is -1.43. The Kier molecular flexibility index (Phi) is 3.89. The van der Waals surface area contributed by atoms with Gasteiger partial charge >= 0.3 is 0 Å². The monoisotopic (exact) mass is 316 g/mol. The van der Waals surface area contributed by atoms with Crippen LogP contribution in [0.5, 0.6) is 0 Å². The van der Waals surface area contributed by atoms with Crippen LogP contribution in [0.3, 0.4) is 0 Å². The third-order valence-electron chi connectivity index (χ3n) is 2.34. The van der Waals surface area contributed by atoms with E-state index in [9.17, 15) is 8.42 Å². The molecule has 2 aromatic rings. The standard InChI is InChI=1S/C12H10Cl2N2O2S/c13-8-1-4-10(5-2-8)16-19(17,18)12-6-3-9(15)7-11(12)14/h1-7,16H,15H2. The molecule has 2 rings (SSSR count). The molecule has 0 heterocycles. The van der Waals surface area contributed by atoms with Crippen molar-refractivity contribution in [1.82, 2.24) is 0 Å². The Morgan fingerprint density at radius 1 is 1.00 bits per heavy atom. The molecule has 0 atom stereocenters. The predicted octanol–water partition coefficient (Wildman–Crippen LogP) is 3.38. The summed E-state index contributed by atoms with van der Waals surface area (Å²) in [7, 11) is -3.75. The number of nitrogen functional groups attached to an aromatic ring is 1. The average molecular weight is 317 g/mol. The van der Waals surface area contributed by atoms with Gasteiger partial charge in [-0.2, -0.15) is 0 Å². The molecule has 4 nitrogen and oxygen atoms in total. The number of halogens is 2. The van der Waals surface area contributed by atoms with Gasteiger partial charge in [-0.15, -0.1) is 0 Å². The highest BCUT2D eigenvalue weighted by atomic mass is 35.5. The molecule has 0 radical (unpaired) electrons. The lowest BCUT2D eigenvalue weighted by Crippen LogP contribution is -2.13. The van der Waals surface area contributed by atoms with Crippen molar-refractivity contribution in [2.24, 2.45) is 0 Å². The van der Waals surface area contributed by atoms with Crippen molar-refractivity contribution < 1.29 is 8.42 Å². The van der Waals surface area contributed by atoms with Gasteiger partial charge in [-0.3, -0.25) is 4.72 Å². The molecule has 0 aliphatic heterocycles. The normalized spacial score (nSPS) is 11.3. The van der Waals surface area contributed by atoms with Crippen LogP contribution in [0.4, 0.5) is 11.4 Å². The molecule has 0 aliphatic carbocycles. The van der Waals surface area contributed by atoms with E-state index in [1.54, 1.807) is 24.3 Å². The van der Waals surface area contributed by atoms with Crippen LogP contribution < -0.4 is 10.5 Å². The van der Waals surface area contributed by atoms with Gasteiger partial charge in [0.25, 0.3) is 10.0 Å². The van der Waals surface area contributed by atoms with Gasteiger partial charge in [0.15, 0.2) is 0 Å². The first-order valence-electron chi connectivity index (χ1n) is 5.22. The maximum absolute atomic E-state index is 12.1. The topological polar surface area (TPSA) is 72.2 Å². The van der Waals surface area contributed by atoms with Crippen LogP contribution >= 0.6 is 23.2 Å². The summed E-state index contributed by atoms with van der Waals surface area (Å²) in [6.45, 7) is 0. The quantitative estimate of drug-likeness (QED) is 0.853. The van der Waals surface area contributed by atoms with Crippen molar-refractivity contribution in [2.75, 3.05) is 10.5 Å². The van der Waals surface area contributed by atoms with Crippen LogP contribution in [0.2, 0.25) is 10.0 Å². The Labute approximate surface area is 121 Å². The maximum atomic E-state index is 12.1. The molecule has 0 bridgehead atoms. The van der Waals surface area contributed by atoms with Crippen molar-refractivity contribution in [2.45, 2.75) is 4.90 Å². The maximum Gasteiger partial charge on any atom is 0.263 e. The summed E-state index contributed by atoms with van der Waals surface area (Å²) in [5.41, 5.74) is 6.32. The van der Waals surface area contributed by atoms with E-state index in [1.165, 1.54) is 18.2 Å². The smallest absolute Gasteiger partial charge is 0.263 e. The van der Waals surface area contributed by atoms with Gasteiger partial charge in [0.2, 0.25) is 0 Å². The van der Waals surface area contributed by atoms with E-state index in [4.69, 9.17) is 28.9 Å². The third-order valence-corrected chi connectivity index (χ3v) is 4.46. The lowest BCUT2D eigenvalue weighted by molar-refractivity contribution is 0.601. The molecule has 0 amide bonds. The number of hydrogen-bond acceptors (Lipinski definition) is 3. The van der Waals surface area contributed by atoms with Crippen LogP contribution in [0.1, 0.15) is 0 Å². The summed E-state index contributed by atoms with van der Waals surface area (Å²) in [4.78, 5) is -0.0293. The largest absolute Gasteiger partial charge is 0.399 e. The number of nitrogens with one attached hydrogen (secondary N) is 1. The van der Waals surface area contributed by atoms with E-state index >= 15 is 0 Å². The highest BCUT2D eigenvalue weighted by Gasteiger charge is 2.17. The summed E-state index contributed by atoms with van der Waals surface area (Å²) in [6.07, 6.45) is 0. The van der Waals surface area contributed by atoms with E-state index in [0.717, 1.165) is 0 Å². The molecular formula is C12H10Cl2N2O2S. The number of rotatable bonds is 3. The molecule has 0 aromatic heterocycles. The van der Waals surface area contributed by atoms with E-state index < -0.39 is 10.0 Å². The zero-order valence-corrected chi connectivity index (χ0v) is 11.9. The fourth-order valence-electron chi connectivity index (χ4n) is 1.46. The Morgan fingerprint density at radius 2 is 1.63 bits per heavy atom. The van der Waals surface area contributed by atoms with Gasteiger partial charge in [-0.1, -0.05) is 23.2 Å². The van der Waals surface area contributed by atoms with Crippen molar-refractivity contribution in [1.29, 1.82) is 0 Å². The number of hydrogen-bond donors (Lipinski definition) is 2. The minimum Gasteiger partial charge on any atom is -0.399 e. The second-order valence-corrected chi connectivity index (χ2v) is 6.30. The van der Waals surface area contributed by atoms with Crippen LogP contribution in [-0.4, -0.2) is 8.42 Å². The summed E-state index contributed by atoms with van der Waals surface area (Å²) in [6, 6.07) is 10.5. The third kappa shape index (κ3) is 3.32. The number of sulfonamides is 1. The zero-order chi connectivity index (χ0) is 14.0. The van der Waals surface area contributed by atoms with Crippen molar-refractivity contribution in [3.8, 4) is 0 Å². The van der Waals surface area contributed by atoms with Gasteiger partial charge in [-0.25, -0.2) is 8.42 Å². The average Bonchev–Trinajstić information content (AvgIpc) is 2.31. The van der Waals surface area contributed by atoms with Gasteiger partial charge < -0.3 is 5.73 Å². The van der Waals surface area contributed by atoms with E-state index in [0.29, 0.717) is 16.4 Å². The molecule has 3 N–H and O–H groups in total. The van der Waals surface area contributed by atoms with Crippen LogP contribution in [-0.2, 0) is 10.0 Å². The molecule has 2 aromatic carbocycles. The van der Waals surface area contributed by atoms with Crippen molar-refractivity contribution in [3.05, 3.63) is 52.5 Å². The van der Waals surface area contributed by atoms with Gasteiger partial charge in [0.05, 0.1) is 5.02 Å².